The van der Waals surface area contributed by atoms with Crippen molar-refractivity contribution < 1.29 is 27.7 Å². The first-order valence-electron chi connectivity index (χ1n) is 14.1. The van der Waals surface area contributed by atoms with Crippen molar-refractivity contribution >= 4 is 7.82 Å². The van der Waals surface area contributed by atoms with Crippen LogP contribution >= 0.6 is 7.82 Å². The van der Waals surface area contributed by atoms with Crippen molar-refractivity contribution in [3.63, 3.8) is 0 Å². The Bertz CT molecular complexity index is 484. The largest absolute Gasteiger partial charge is 0.756 e. The highest BCUT2D eigenvalue weighted by atomic mass is 31.2. The molecule has 0 N–H and O–H groups in total. The summed E-state index contributed by atoms with van der Waals surface area (Å²) in [5.74, 6) is 0.0188. The second-order valence-electron chi connectivity index (χ2n) is 11.1. The molecule has 0 aliphatic rings. The van der Waals surface area contributed by atoms with Crippen molar-refractivity contribution in [2.24, 2.45) is 5.92 Å². The van der Waals surface area contributed by atoms with Gasteiger partial charge in [0.15, 0.2) is 0 Å². The third-order valence-electron chi connectivity index (χ3n) is 6.07. The van der Waals surface area contributed by atoms with E-state index in [-0.39, 0.29) is 19.1 Å². The second-order valence-corrected chi connectivity index (χ2v) is 12.5. The standard InChI is InChI=1S/C27H58NO5P/c1-6-7-8-9-10-11-12-13-14-15-16-17-18-19-20-21-23-31-25-27(2)26-33-34(29,30)32-24-22-28(3,4)5/h27H,6-26H2,1-5H3/t27-/m1/s1. The predicted octanol–water partition coefficient (Wildman–Crippen LogP) is 7.11. The molecule has 0 aliphatic heterocycles. The molecular formula is C27H58NO5P. The number of phosphoric ester groups is 1. The molecule has 0 aliphatic carbocycles. The maximum Gasteiger partial charge on any atom is 0.268 e. The summed E-state index contributed by atoms with van der Waals surface area (Å²) in [7, 11) is 1.73. The smallest absolute Gasteiger partial charge is 0.268 e. The maximum atomic E-state index is 11.8. The Morgan fingerprint density at radius 2 is 1.12 bits per heavy atom. The van der Waals surface area contributed by atoms with Crippen LogP contribution in [-0.4, -0.2) is 58.6 Å². The van der Waals surface area contributed by atoms with Crippen LogP contribution < -0.4 is 4.89 Å². The quantitative estimate of drug-likeness (QED) is 0.0709. The van der Waals surface area contributed by atoms with E-state index in [1.54, 1.807) is 0 Å². The van der Waals surface area contributed by atoms with Gasteiger partial charge in [-0.2, -0.15) is 0 Å². The van der Waals surface area contributed by atoms with Crippen molar-refractivity contribution in [2.45, 2.75) is 117 Å². The zero-order chi connectivity index (χ0) is 25.5. The molecular weight excluding hydrogens is 449 g/mol. The highest BCUT2D eigenvalue weighted by Gasteiger charge is 2.15. The highest BCUT2D eigenvalue weighted by Crippen LogP contribution is 2.38. The van der Waals surface area contributed by atoms with Crippen molar-refractivity contribution in [2.75, 3.05) is 54.1 Å². The Hall–Kier alpha value is 0.0300. The van der Waals surface area contributed by atoms with Crippen molar-refractivity contribution in [3.8, 4) is 0 Å². The fourth-order valence-electron chi connectivity index (χ4n) is 3.77. The average Bonchev–Trinajstić information content (AvgIpc) is 2.76. The van der Waals surface area contributed by atoms with Gasteiger partial charge in [0.1, 0.15) is 13.2 Å². The zero-order valence-corrected chi connectivity index (χ0v) is 24.3. The van der Waals surface area contributed by atoms with E-state index in [0.717, 1.165) is 13.0 Å². The first kappa shape index (κ1) is 34.0. The van der Waals surface area contributed by atoms with Crippen molar-refractivity contribution in [1.29, 1.82) is 0 Å². The summed E-state index contributed by atoms with van der Waals surface area (Å²) in [5.41, 5.74) is 0. The summed E-state index contributed by atoms with van der Waals surface area (Å²) in [6.45, 7) is 6.29. The van der Waals surface area contributed by atoms with Crippen LogP contribution in [0.3, 0.4) is 0 Å². The van der Waals surface area contributed by atoms with Crippen LogP contribution in [0.1, 0.15) is 117 Å². The molecule has 7 heteroatoms. The summed E-state index contributed by atoms with van der Waals surface area (Å²) in [6.07, 6.45) is 21.8. The lowest BCUT2D eigenvalue weighted by molar-refractivity contribution is -0.870. The Morgan fingerprint density at radius 3 is 1.56 bits per heavy atom. The lowest BCUT2D eigenvalue weighted by Gasteiger charge is -2.27. The molecule has 6 nitrogen and oxygen atoms in total. The van der Waals surface area contributed by atoms with Gasteiger partial charge in [0.2, 0.25) is 0 Å². The lowest BCUT2D eigenvalue weighted by Crippen LogP contribution is -2.37. The Kier molecular flexibility index (Phi) is 22.3. The molecule has 0 spiro atoms. The molecule has 0 fully saturated rings. The van der Waals surface area contributed by atoms with E-state index in [9.17, 15) is 9.46 Å². The number of ether oxygens (including phenoxy) is 1. The van der Waals surface area contributed by atoms with Crippen LogP contribution in [0, 0.1) is 5.92 Å². The molecule has 0 rings (SSSR count). The number of hydrogen-bond donors (Lipinski definition) is 0. The summed E-state index contributed by atoms with van der Waals surface area (Å²) >= 11 is 0. The van der Waals surface area contributed by atoms with E-state index in [0.29, 0.717) is 17.6 Å². The molecule has 1 unspecified atom stereocenters. The van der Waals surface area contributed by atoms with Crippen LogP contribution in [-0.2, 0) is 18.3 Å². The van der Waals surface area contributed by atoms with E-state index in [4.69, 9.17) is 13.8 Å². The van der Waals surface area contributed by atoms with E-state index in [1.165, 1.54) is 96.3 Å². The van der Waals surface area contributed by atoms with Crippen LogP contribution in [0.5, 0.6) is 0 Å². The van der Waals surface area contributed by atoms with Crippen LogP contribution in [0.4, 0.5) is 0 Å². The first-order chi connectivity index (χ1) is 16.2. The second kappa shape index (κ2) is 22.2. The Labute approximate surface area is 212 Å². The predicted molar refractivity (Wildman–Crippen MR) is 142 cm³/mol. The molecule has 0 amide bonds. The monoisotopic (exact) mass is 507 g/mol. The molecule has 206 valence electrons. The van der Waals surface area contributed by atoms with Gasteiger partial charge in [0.25, 0.3) is 7.82 Å². The van der Waals surface area contributed by atoms with Crippen molar-refractivity contribution in [3.05, 3.63) is 0 Å². The van der Waals surface area contributed by atoms with Crippen LogP contribution in [0.25, 0.3) is 0 Å². The number of rotatable bonds is 26. The molecule has 0 heterocycles. The third kappa shape index (κ3) is 26.6. The molecule has 0 aromatic rings. The minimum atomic E-state index is -4.23. The number of quaternary nitrogens is 1. The fraction of sp³-hybridized carbons (Fsp3) is 1.00. The van der Waals surface area contributed by atoms with Gasteiger partial charge in [-0.05, 0) is 6.42 Å². The minimum absolute atomic E-state index is 0.0188. The van der Waals surface area contributed by atoms with Gasteiger partial charge < -0.3 is 23.2 Å². The van der Waals surface area contributed by atoms with Crippen LogP contribution in [0.15, 0.2) is 0 Å². The average molecular weight is 508 g/mol. The molecule has 0 bridgehead atoms. The molecule has 0 radical (unpaired) electrons. The highest BCUT2D eigenvalue weighted by molar-refractivity contribution is 7.45. The van der Waals surface area contributed by atoms with Gasteiger partial charge in [0.05, 0.1) is 34.4 Å². The molecule has 0 saturated carbocycles. The van der Waals surface area contributed by atoms with E-state index < -0.39 is 7.82 Å². The zero-order valence-electron chi connectivity index (χ0n) is 23.4. The fourth-order valence-corrected chi connectivity index (χ4v) is 4.58. The normalized spacial score (nSPS) is 14.9. The molecule has 34 heavy (non-hydrogen) atoms. The summed E-state index contributed by atoms with van der Waals surface area (Å²) in [4.78, 5) is 11.8. The number of nitrogens with zero attached hydrogens (tertiary/aromatic N) is 1. The molecule has 2 atom stereocenters. The first-order valence-corrected chi connectivity index (χ1v) is 15.6. The molecule has 0 aromatic heterocycles. The number of hydrogen-bond acceptors (Lipinski definition) is 5. The Balaban J connectivity index is 3.37. The van der Waals surface area contributed by atoms with Gasteiger partial charge >= 0.3 is 0 Å². The maximum absolute atomic E-state index is 11.8. The van der Waals surface area contributed by atoms with Gasteiger partial charge in [-0.3, -0.25) is 4.57 Å². The van der Waals surface area contributed by atoms with E-state index >= 15 is 0 Å². The summed E-state index contributed by atoms with van der Waals surface area (Å²) in [5, 5.41) is 0. The van der Waals surface area contributed by atoms with Gasteiger partial charge in [-0.15, -0.1) is 0 Å². The van der Waals surface area contributed by atoms with Gasteiger partial charge in [-0.25, -0.2) is 0 Å². The minimum Gasteiger partial charge on any atom is -0.756 e. The number of unbranched alkanes of at least 4 members (excludes halogenated alkanes) is 15. The molecule has 0 aromatic carbocycles. The third-order valence-corrected chi connectivity index (χ3v) is 7.04. The van der Waals surface area contributed by atoms with E-state index in [2.05, 4.69) is 6.92 Å². The SMILES string of the molecule is CCCCCCCCCCCCCCCCCCOC[C@@H](C)COP(=O)([O-])OCC[N+](C)(C)C. The summed E-state index contributed by atoms with van der Waals surface area (Å²) < 4.78 is 28.0. The lowest BCUT2D eigenvalue weighted by atomic mass is 10.0. The van der Waals surface area contributed by atoms with Gasteiger partial charge in [0, 0.05) is 12.5 Å². The molecule has 0 saturated heterocycles. The number of phosphoric acid groups is 1. The Morgan fingerprint density at radius 1 is 0.676 bits per heavy atom. The van der Waals surface area contributed by atoms with E-state index in [1.807, 2.05) is 28.1 Å². The van der Waals surface area contributed by atoms with Crippen LogP contribution in [0.2, 0.25) is 0 Å². The topological polar surface area (TPSA) is 67.8 Å². The van der Waals surface area contributed by atoms with Gasteiger partial charge in [-0.1, -0.05) is 110 Å². The summed E-state index contributed by atoms with van der Waals surface area (Å²) in [6, 6.07) is 0. The number of likely N-dealkylation sites (N-methyl/N-ethyl adjacent to an activating group) is 1. The van der Waals surface area contributed by atoms with Crippen molar-refractivity contribution in [1.82, 2.24) is 0 Å².